The number of piperazine rings is 1. The van der Waals surface area contributed by atoms with Crippen molar-refractivity contribution < 1.29 is 14.0 Å². The third kappa shape index (κ3) is 7.04. The summed E-state index contributed by atoms with van der Waals surface area (Å²) in [7, 11) is 3.14. The first-order valence-corrected chi connectivity index (χ1v) is 14.4. The van der Waals surface area contributed by atoms with Crippen LogP contribution in [-0.2, 0) is 14.0 Å². The van der Waals surface area contributed by atoms with E-state index in [0.717, 1.165) is 81.3 Å². The average molecular weight is 584 g/mol. The Kier molecular flexibility index (Phi) is 10.8. The molecule has 0 spiro atoms. The minimum Gasteiger partial charge on any atom is -0.358 e. The highest BCUT2D eigenvalue weighted by Gasteiger charge is 2.36. The largest absolute Gasteiger partial charge is 0.358 e. The predicted molar refractivity (Wildman–Crippen MR) is 154 cm³/mol. The van der Waals surface area contributed by atoms with E-state index in [1.807, 2.05) is 30.3 Å². The van der Waals surface area contributed by atoms with Crippen molar-refractivity contribution in [1.29, 1.82) is 0 Å². The molecule has 1 amide bonds. The van der Waals surface area contributed by atoms with Gasteiger partial charge in [-0.2, -0.15) is 0 Å². The van der Waals surface area contributed by atoms with E-state index in [0.29, 0.717) is 22.1 Å². The van der Waals surface area contributed by atoms with Crippen molar-refractivity contribution in [1.82, 2.24) is 20.1 Å². The normalized spacial score (nSPS) is 20.3. The molecule has 2 aliphatic heterocycles. The van der Waals surface area contributed by atoms with E-state index in [2.05, 4.69) is 41.5 Å². The monoisotopic (exact) mass is 582 g/mol. The van der Waals surface area contributed by atoms with Gasteiger partial charge >= 0.3 is 0 Å². The Morgan fingerprint density at radius 2 is 1.92 bits per heavy atom. The van der Waals surface area contributed by atoms with Gasteiger partial charge in [0.15, 0.2) is 0 Å². The van der Waals surface area contributed by atoms with Gasteiger partial charge < -0.3 is 14.9 Å². The number of halogens is 2. The van der Waals surface area contributed by atoms with Gasteiger partial charge in [-0.1, -0.05) is 42.3 Å². The number of likely N-dealkylation sites (tertiary alicyclic amines) is 1. The second-order valence-corrected chi connectivity index (χ2v) is 10.9. The number of amides is 1. The first kappa shape index (κ1) is 29.2. The number of nitrogens with one attached hydrogen (secondary N) is 2. The highest BCUT2D eigenvalue weighted by Crippen LogP contribution is 2.32. The summed E-state index contributed by atoms with van der Waals surface area (Å²) in [5.41, 5.74) is 1.72. The number of piperidine rings is 1. The van der Waals surface area contributed by atoms with Gasteiger partial charge in [0.1, 0.15) is 24.1 Å². The van der Waals surface area contributed by atoms with Crippen LogP contribution in [-0.4, -0.2) is 79.7 Å². The van der Waals surface area contributed by atoms with E-state index in [1.165, 1.54) is 7.11 Å². The zero-order valence-electron chi connectivity index (χ0n) is 22.0. The molecule has 2 atom stereocenters. The Labute approximate surface area is 239 Å². The number of anilines is 2. The lowest BCUT2D eigenvalue weighted by atomic mass is 9.95. The Bertz CT molecular complexity index is 1060. The van der Waals surface area contributed by atoms with Crippen LogP contribution >= 0.6 is 35.4 Å². The molecular weight excluding hydrogens is 547 g/mol. The first-order valence-electron chi connectivity index (χ1n) is 12.9. The molecule has 0 bridgehead atoms. The molecule has 12 heteroatoms. The minimum absolute atomic E-state index is 0.0150. The number of aromatic nitrogens is 1. The molecule has 9 nitrogen and oxygen atoms in total. The fourth-order valence-electron chi connectivity index (χ4n) is 5.51. The van der Waals surface area contributed by atoms with E-state index in [-0.39, 0.29) is 11.9 Å². The molecule has 38 heavy (non-hydrogen) atoms. The number of carbonyl (C=O) groups is 1. The van der Waals surface area contributed by atoms with E-state index >= 15 is 0 Å². The van der Waals surface area contributed by atoms with Gasteiger partial charge in [0.2, 0.25) is 5.91 Å². The van der Waals surface area contributed by atoms with Crippen LogP contribution in [0.2, 0.25) is 10.0 Å². The van der Waals surface area contributed by atoms with Crippen LogP contribution in [0.15, 0.2) is 36.5 Å². The minimum atomic E-state index is -0.304. The van der Waals surface area contributed by atoms with Crippen LogP contribution in [0.5, 0.6) is 0 Å². The highest BCUT2D eigenvalue weighted by atomic mass is 35.5. The quantitative estimate of drug-likeness (QED) is 0.135. The van der Waals surface area contributed by atoms with Crippen molar-refractivity contribution in [3.8, 4) is 0 Å². The standard InChI is InChI=1S/C26H36Cl2N6O3S/c1-4-21-17-33(25-23(28)15-20(16-30-25)31-38-37-36-3)13-14-34(21)22-9-11-32(12-10-22)24(26(35)29-2)18-5-7-19(27)8-6-18/h5-8,15-16,21-22,24,31H,4,9-14,17H2,1-3H3,(H,29,35)/t21-,24+/m0/s1. The molecule has 1 aromatic heterocycles. The first-order chi connectivity index (χ1) is 18.4. The molecule has 1 aromatic carbocycles. The molecule has 2 fully saturated rings. The lowest BCUT2D eigenvalue weighted by Crippen LogP contribution is -2.59. The number of hydrogen-bond acceptors (Lipinski definition) is 9. The number of carbonyl (C=O) groups excluding carboxylic acids is 1. The average Bonchev–Trinajstić information content (AvgIpc) is 2.94. The molecule has 2 aliphatic rings. The summed E-state index contributed by atoms with van der Waals surface area (Å²) in [6.45, 7) is 6.68. The second kappa shape index (κ2) is 14.0. The van der Waals surface area contributed by atoms with Crippen LogP contribution in [0.1, 0.15) is 37.8 Å². The van der Waals surface area contributed by atoms with Gasteiger partial charge in [-0.05, 0) is 43.0 Å². The second-order valence-electron chi connectivity index (χ2n) is 9.53. The number of rotatable bonds is 10. The van der Waals surface area contributed by atoms with Gasteiger partial charge in [0, 0.05) is 56.9 Å². The SMILES string of the molecule is CC[C@H]1CN(c2ncc(NSOOC)cc2Cl)CCN1C1CCN([C@@H](C(=O)NC)c2ccc(Cl)cc2)CC1. The number of benzene rings is 1. The summed E-state index contributed by atoms with van der Waals surface area (Å²) < 4.78 is 7.76. The third-order valence-electron chi connectivity index (χ3n) is 7.40. The summed E-state index contributed by atoms with van der Waals surface area (Å²) >= 11 is 13.7. The molecular formula is C26H36Cl2N6O3S. The van der Waals surface area contributed by atoms with Crippen LogP contribution in [0, 0.1) is 0 Å². The van der Waals surface area contributed by atoms with Crippen LogP contribution in [0.4, 0.5) is 11.5 Å². The Morgan fingerprint density at radius 1 is 1.18 bits per heavy atom. The molecule has 4 rings (SSSR count). The Morgan fingerprint density at radius 3 is 2.55 bits per heavy atom. The van der Waals surface area contributed by atoms with Crippen molar-refractivity contribution in [2.75, 3.05) is 56.5 Å². The third-order valence-corrected chi connectivity index (χ3v) is 8.45. The molecule has 0 unspecified atom stereocenters. The van der Waals surface area contributed by atoms with Crippen molar-refractivity contribution in [2.24, 2.45) is 0 Å². The van der Waals surface area contributed by atoms with Crippen molar-refractivity contribution in [3.05, 3.63) is 52.1 Å². The number of nitrogens with zero attached hydrogens (tertiary/aromatic N) is 4. The van der Waals surface area contributed by atoms with Gasteiger partial charge in [0.25, 0.3) is 0 Å². The molecule has 3 heterocycles. The lowest BCUT2D eigenvalue weighted by Gasteiger charge is -2.48. The molecule has 2 aromatic rings. The van der Waals surface area contributed by atoms with Crippen molar-refractivity contribution in [3.63, 3.8) is 0 Å². The number of likely N-dealkylation sites (N-methyl/N-ethyl adjacent to an activating group) is 1. The Hall–Kier alpha value is -1.79. The highest BCUT2D eigenvalue weighted by molar-refractivity contribution is 7.95. The fraction of sp³-hybridized carbons (Fsp3) is 0.538. The van der Waals surface area contributed by atoms with Crippen LogP contribution in [0.25, 0.3) is 0 Å². The summed E-state index contributed by atoms with van der Waals surface area (Å²) in [5.74, 6) is 0.820. The maximum absolute atomic E-state index is 12.8. The van der Waals surface area contributed by atoms with E-state index in [1.54, 1.807) is 13.2 Å². The zero-order chi connectivity index (χ0) is 27.1. The van der Waals surface area contributed by atoms with Gasteiger partial charge in [0.05, 0.1) is 24.0 Å². The van der Waals surface area contributed by atoms with Crippen LogP contribution in [0.3, 0.4) is 0 Å². The van der Waals surface area contributed by atoms with Gasteiger partial charge in [-0.15, -0.1) is 4.33 Å². The maximum atomic E-state index is 12.8. The molecule has 0 saturated carbocycles. The molecule has 0 radical (unpaired) electrons. The topological polar surface area (TPSA) is 82.2 Å². The summed E-state index contributed by atoms with van der Waals surface area (Å²) in [4.78, 5) is 29.3. The van der Waals surface area contributed by atoms with Gasteiger partial charge in [-0.3, -0.25) is 14.6 Å². The summed E-state index contributed by atoms with van der Waals surface area (Å²) in [5, 5.41) is 4.12. The van der Waals surface area contributed by atoms with E-state index < -0.39 is 0 Å². The number of pyridine rings is 1. The van der Waals surface area contributed by atoms with E-state index in [4.69, 9.17) is 27.5 Å². The zero-order valence-corrected chi connectivity index (χ0v) is 24.4. The maximum Gasteiger partial charge on any atom is 0.241 e. The number of hydrogen-bond donors (Lipinski definition) is 2. The predicted octanol–water partition coefficient (Wildman–Crippen LogP) is 4.79. The summed E-state index contributed by atoms with van der Waals surface area (Å²) in [6.07, 6.45) is 4.85. The fourth-order valence-corrected chi connectivity index (χ4v) is 6.23. The van der Waals surface area contributed by atoms with E-state index in [9.17, 15) is 4.79 Å². The summed E-state index contributed by atoms with van der Waals surface area (Å²) in [6, 6.07) is 10.1. The molecule has 2 N–H and O–H groups in total. The molecule has 208 valence electrons. The Balaban J connectivity index is 1.37. The van der Waals surface area contributed by atoms with Crippen molar-refractivity contribution in [2.45, 2.75) is 44.3 Å². The lowest BCUT2D eigenvalue weighted by molar-refractivity contribution is -0.159. The van der Waals surface area contributed by atoms with Crippen LogP contribution < -0.4 is 14.9 Å². The van der Waals surface area contributed by atoms with Gasteiger partial charge in [-0.25, -0.2) is 9.87 Å². The smallest absolute Gasteiger partial charge is 0.241 e. The van der Waals surface area contributed by atoms with Crippen molar-refractivity contribution >= 4 is 52.8 Å². The molecule has 2 saturated heterocycles. The molecule has 0 aliphatic carbocycles.